The van der Waals surface area contributed by atoms with Gasteiger partial charge in [-0.3, -0.25) is 14.2 Å². The second kappa shape index (κ2) is 8.96. The SMILES string of the molecule is CCc1nc(-c2ccc(Cl)cc2Cl)c(=O)n(C)c1NC1c2ccccc2CC1OC(C)=O. The zero-order chi connectivity index (χ0) is 23.0. The van der Waals surface area contributed by atoms with Crippen molar-refractivity contribution in [2.75, 3.05) is 5.32 Å². The summed E-state index contributed by atoms with van der Waals surface area (Å²) in [4.78, 5) is 29.6. The third-order valence-electron chi connectivity index (χ3n) is 5.68. The molecule has 1 N–H and O–H groups in total. The number of halogens is 2. The van der Waals surface area contributed by atoms with Crippen LogP contribution in [0.25, 0.3) is 11.3 Å². The molecule has 2 atom stereocenters. The van der Waals surface area contributed by atoms with E-state index in [0.717, 1.165) is 11.1 Å². The van der Waals surface area contributed by atoms with E-state index in [0.29, 0.717) is 40.0 Å². The third kappa shape index (κ3) is 4.12. The van der Waals surface area contributed by atoms with Crippen LogP contribution in [0.3, 0.4) is 0 Å². The first-order valence-electron chi connectivity index (χ1n) is 10.4. The van der Waals surface area contributed by atoms with Gasteiger partial charge < -0.3 is 10.1 Å². The minimum Gasteiger partial charge on any atom is -0.460 e. The molecule has 0 fully saturated rings. The quantitative estimate of drug-likeness (QED) is 0.532. The van der Waals surface area contributed by atoms with Gasteiger partial charge in [-0.05, 0) is 35.7 Å². The fourth-order valence-corrected chi connectivity index (χ4v) is 4.67. The predicted octanol–water partition coefficient (Wildman–Crippen LogP) is 4.96. The zero-order valence-corrected chi connectivity index (χ0v) is 19.5. The topological polar surface area (TPSA) is 73.2 Å². The predicted molar refractivity (Wildman–Crippen MR) is 126 cm³/mol. The molecule has 0 saturated carbocycles. The molecule has 1 heterocycles. The van der Waals surface area contributed by atoms with Gasteiger partial charge in [0.15, 0.2) is 0 Å². The molecule has 0 bridgehead atoms. The van der Waals surface area contributed by atoms with E-state index < -0.39 is 0 Å². The van der Waals surface area contributed by atoms with Crippen molar-refractivity contribution in [1.29, 1.82) is 0 Å². The Balaban J connectivity index is 1.79. The molecule has 0 aliphatic heterocycles. The summed E-state index contributed by atoms with van der Waals surface area (Å²) in [6, 6.07) is 12.6. The van der Waals surface area contributed by atoms with E-state index in [1.165, 1.54) is 11.5 Å². The van der Waals surface area contributed by atoms with E-state index in [-0.39, 0.29) is 29.4 Å². The number of fused-ring (bicyclic) bond motifs is 1. The number of esters is 1. The lowest BCUT2D eigenvalue weighted by Crippen LogP contribution is -2.31. The van der Waals surface area contributed by atoms with Crippen LogP contribution in [0.4, 0.5) is 5.82 Å². The van der Waals surface area contributed by atoms with Crippen molar-refractivity contribution in [2.24, 2.45) is 7.05 Å². The first kappa shape index (κ1) is 22.4. The van der Waals surface area contributed by atoms with Gasteiger partial charge in [0.05, 0.1) is 16.8 Å². The van der Waals surface area contributed by atoms with E-state index in [2.05, 4.69) is 10.3 Å². The molecule has 8 heteroatoms. The summed E-state index contributed by atoms with van der Waals surface area (Å²) >= 11 is 12.4. The maximum absolute atomic E-state index is 13.3. The summed E-state index contributed by atoms with van der Waals surface area (Å²) in [5.74, 6) is 0.246. The van der Waals surface area contributed by atoms with Crippen LogP contribution in [-0.2, 0) is 29.4 Å². The van der Waals surface area contributed by atoms with Gasteiger partial charge in [0.1, 0.15) is 17.6 Å². The van der Waals surface area contributed by atoms with Crippen LogP contribution in [0, 0.1) is 0 Å². The lowest BCUT2D eigenvalue weighted by molar-refractivity contribution is -0.146. The first-order chi connectivity index (χ1) is 15.3. The highest BCUT2D eigenvalue weighted by Gasteiger charge is 2.35. The highest BCUT2D eigenvalue weighted by Crippen LogP contribution is 2.37. The number of carbonyl (C=O) groups is 1. The van der Waals surface area contributed by atoms with E-state index in [1.54, 1.807) is 25.2 Å². The number of aryl methyl sites for hydroxylation is 1. The lowest BCUT2D eigenvalue weighted by Gasteiger charge is -2.25. The Morgan fingerprint density at radius 2 is 2.00 bits per heavy atom. The van der Waals surface area contributed by atoms with Crippen LogP contribution in [0.15, 0.2) is 47.3 Å². The number of anilines is 1. The smallest absolute Gasteiger partial charge is 0.302 e. The molecule has 0 saturated heterocycles. The van der Waals surface area contributed by atoms with Gasteiger partial charge in [-0.1, -0.05) is 54.4 Å². The largest absolute Gasteiger partial charge is 0.460 e. The second-order valence-corrected chi connectivity index (χ2v) is 8.61. The van der Waals surface area contributed by atoms with Crippen molar-refractivity contribution < 1.29 is 9.53 Å². The van der Waals surface area contributed by atoms with Crippen LogP contribution >= 0.6 is 23.2 Å². The van der Waals surface area contributed by atoms with Crippen LogP contribution in [0.2, 0.25) is 10.0 Å². The second-order valence-electron chi connectivity index (χ2n) is 7.77. The van der Waals surface area contributed by atoms with Gasteiger partial charge in [0.25, 0.3) is 5.56 Å². The number of nitrogens with one attached hydrogen (secondary N) is 1. The van der Waals surface area contributed by atoms with E-state index in [9.17, 15) is 9.59 Å². The Morgan fingerprint density at radius 1 is 1.25 bits per heavy atom. The molecule has 1 aliphatic carbocycles. The first-order valence-corrected chi connectivity index (χ1v) is 11.1. The van der Waals surface area contributed by atoms with Gasteiger partial charge in [-0.2, -0.15) is 0 Å². The lowest BCUT2D eigenvalue weighted by atomic mass is 10.1. The summed E-state index contributed by atoms with van der Waals surface area (Å²) < 4.78 is 7.14. The standard InChI is InChI=1S/C24H23Cl2N3O3/c1-4-19-23(28-21-16-8-6-5-7-14(16)11-20(21)32-13(2)30)29(3)24(31)22(27-19)17-10-9-15(25)12-18(17)26/h5-10,12,20-21,28H,4,11H2,1-3H3. The normalized spacial score (nSPS) is 17.2. The summed E-state index contributed by atoms with van der Waals surface area (Å²) in [5.41, 5.74) is 3.36. The van der Waals surface area contributed by atoms with Crippen molar-refractivity contribution in [3.05, 3.63) is 79.7 Å². The van der Waals surface area contributed by atoms with E-state index in [4.69, 9.17) is 27.9 Å². The summed E-state index contributed by atoms with van der Waals surface area (Å²) in [6.07, 6.45) is 0.811. The van der Waals surface area contributed by atoms with E-state index in [1.807, 2.05) is 31.2 Å². The van der Waals surface area contributed by atoms with Crippen LogP contribution in [0.1, 0.15) is 36.7 Å². The van der Waals surface area contributed by atoms with Crippen molar-refractivity contribution in [3.63, 3.8) is 0 Å². The number of nitrogens with zero attached hydrogens (tertiary/aromatic N) is 2. The van der Waals surface area contributed by atoms with Crippen LogP contribution < -0.4 is 10.9 Å². The number of carbonyl (C=O) groups excluding carboxylic acids is 1. The molecule has 3 aromatic rings. The molecular formula is C24H23Cl2N3O3. The Morgan fingerprint density at radius 3 is 2.69 bits per heavy atom. The van der Waals surface area contributed by atoms with Crippen molar-refractivity contribution in [1.82, 2.24) is 9.55 Å². The molecule has 4 rings (SSSR count). The molecule has 0 amide bonds. The average molecular weight is 472 g/mol. The Bertz CT molecular complexity index is 1260. The maximum atomic E-state index is 13.3. The molecule has 32 heavy (non-hydrogen) atoms. The molecule has 0 spiro atoms. The van der Waals surface area contributed by atoms with Gasteiger partial charge in [0, 0.05) is 31.0 Å². The number of hydrogen-bond acceptors (Lipinski definition) is 5. The van der Waals surface area contributed by atoms with Gasteiger partial charge in [-0.25, -0.2) is 4.98 Å². The molecule has 1 aliphatic rings. The molecule has 2 aromatic carbocycles. The molecule has 1 aromatic heterocycles. The van der Waals surface area contributed by atoms with Crippen LogP contribution in [-0.4, -0.2) is 21.6 Å². The van der Waals surface area contributed by atoms with Crippen molar-refractivity contribution in [2.45, 2.75) is 38.8 Å². The third-order valence-corrected chi connectivity index (χ3v) is 6.22. The van der Waals surface area contributed by atoms with E-state index >= 15 is 0 Å². The Labute approximate surface area is 196 Å². The molecule has 166 valence electrons. The Kier molecular flexibility index (Phi) is 6.26. The number of hydrogen-bond donors (Lipinski definition) is 1. The van der Waals surface area contributed by atoms with Crippen molar-refractivity contribution >= 4 is 35.0 Å². The number of ether oxygens (including phenoxy) is 1. The minimum atomic E-state index is -0.380. The molecule has 0 radical (unpaired) electrons. The fourth-order valence-electron chi connectivity index (χ4n) is 4.17. The summed E-state index contributed by atoms with van der Waals surface area (Å²) in [6.45, 7) is 3.37. The number of aromatic nitrogens is 2. The summed E-state index contributed by atoms with van der Waals surface area (Å²) in [5, 5.41) is 4.31. The average Bonchev–Trinajstić information content (AvgIpc) is 3.08. The van der Waals surface area contributed by atoms with Crippen molar-refractivity contribution in [3.8, 4) is 11.3 Å². The maximum Gasteiger partial charge on any atom is 0.302 e. The van der Waals surface area contributed by atoms with Gasteiger partial charge in [-0.15, -0.1) is 0 Å². The molecular weight excluding hydrogens is 449 g/mol. The number of rotatable bonds is 5. The summed E-state index contributed by atoms with van der Waals surface area (Å²) in [7, 11) is 1.69. The zero-order valence-electron chi connectivity index (χ0n) is 18.0. The van der Waals surface area contributed by atoms with Gasteiger partial charge in [0.2, 0.25) is 0 Å². The highest BCUT2D eigenvalue weighted by molar-refractivity contribution is 6.36. The Hall–Kier alpha value is -2.83. The highest BCUT2D eigenvalue weighted by atomic mass is 35.5. The monoisotopic (exact) mass is 471 g/mol. The molecule has 6 nitrogen and oxygen atoms in total. The molecule has 2 unspecified atom stereocenters. The fraction of sp³-hybridized carbons (Fsp3) is 0.292. The minimum absolute atomic E-state index is 0.264. The van der Waals surface area contributed by atoms with Gasteiger partial charge >= 0.3 is 5.97 Å². The van der Waals surface area contributed by atoms with Crippen LogP contribution in [0.5, 0.6) is 0 Å². The number of benzene rings is 2.